The van der Waals surface area contributed by atoms with Gasteiger partial charge in [-0.1, -0.05) is 0 Å². The van der Waals surface area contributed by atoms with Crippen LogP contribution in [0.1, 0.15) is 5.56 Å². The number of aromatic nitrogens is 2. The van der Waals surface area contributed by atoms with Crippen molar-refractivity contribution in [3.63, 3.8) is 0 Å². The van der Waals surface area contributed by atoms with E-state index >= 15 is 0 Å². The Kier molecular flexibility index (Phi) is 3.97. The molecule has 1 aromatic heterocycles. The van der Waals surface area contributed by atoms with E-state index in [-0.39, 0.29) is 6.54 Å². The van der Waals surface area contributed by atoms with Crippen molar-refractivity contribution in [3.8, 4) is 0 Å². The van der Waals surface area contributed by atoms with E-state index in [1.165, 1.54) is 17.9 Å². The lowest BCUT2D eigenvalue weighted by atomic mass is 10.3. The predicted octanol–water partition coefficient (Wildman–Crippen LogP) is 1.10. The van der Waals surface area contributed by atoms with E-state index in [4.69, 9.17) is 5.73 Å². The second kappa shape index (κ2) is 5.41. The van der Waals surface area contributed by atoms with Gasteiger partial charge in [-0.15, -0.1) is 0 Å². The number of aryl methyl sites for hydroxylation is 1. The van der Waals surface area contributed by atoms with Gasteiger partial charge in [-0.25, -0.2) is 17.2 Å². The summed E-state index contributed by atoms with van der Waals surface area (Å²) < 4.78 is 54.1. The molecular formula is C12H14F2N4O2S. The maximum atomic E-state index is 13.9. The molecule has 0 amide bonds. The Morgan fingerprint density at radius 2 is 2.05 bits per heavy atom. The smallest absolute Gasteiger partial charge is 0.246 e. The summed E-state index contributed by atoms with van der Waals surface area (Å²) in [4.78, 5) is -0.659. The van der Waals surface area contributed by atoms with E-state index in [1.807, 2.05) is 0 Å². The van der Waals surface area contributed by atoms with Crippen molar-refractivity contribution < 1.29 is 17.2 Å². The minimum Gasteiger partial charge on any atom is -0.394 e. The van der Waals surface area contributed by atoms with Crippen LogP contribution < -0.4 is 5.73 Å². The number of nitrogen functional groups attached to an aromatic ring is 1. The molecule has 2 aromatic rings. The quantitative estimate of drug-likeness (QED) is 0.857. The van der Waals surface area contributed by atoms with Gasteiger partial charge in [0.1, 0.15) is 16.4 Å². The molecule has 0 aliphatic heterocycles. The summed E-state index contributed by atoms with van der Waals surface area (Å²) >= 11 is 0. The third kappa shape index (κ3) is 2.88. The lowest BCUT2D eigenvalue weighted by Crippen LogP contribution is -2.27. The zero-order valence-corrected chi connectivity index (χ0v) is 12.2. The van der Waals surface area contributed by atoms with Crippen molar-refractivity contribution in [1.29, 1.82) is 0 Å². The normalized spacial score (nSPS) is 12.0. The van der Waals surface area contributed by atoms with Gasteiger partial charge in [-0.3, -0.25) is 4.68 Å². The Labute approximate surface area is 120 Å². The Morgan fingerprint density at radius 3 is 2.62 bits per heavy atom. The molecule has 0 fully saturated rings. The minimum atomic E-state index is -4.12. The molecule has 21 heavy (non-hydrogen) atoms. The van der Waals surface area contributed by atoms with E-state index in [9.17, 15) is 17.2 Å². The molecule has 0 aliphatic rings. The van der Waals surface area contributed by atoms with Gasteiger partial charge < -0.3 is 5.73 Å². The Bertz CT molecular complexity index is 774. The van der Waals surface area contributed by atoms with Crippen LogP contribution >= 0.6 is 0 Å². The molecule has 2 N–H and O–H groups in total. The van der Waals surface area contributed by atoms with Crippen molar-refractivity contribution in [2.24, 2.45) is 7.05 Å². The summed E-state index contributed by atoms with van der Waals surface area (Å²) in [6.07, 6.45) is 3.14. The fourth-order valence-electron chi connectivity index (χ4n) is 1.81. The van der Waals surface area contributed by atoms with Crippen LogP contribution in [0.25, 0.3) is 0 Å². The zero-order chi connectivity index (χ0) is 15.8. The van der Waals surface area contributed by atoms with Crippen LogP contribution in [-0.4, -0.2) is 29.6 Å². The monoisotopic (exact) mass is 316 g/mol. The lowest BCUT2D eigenvalue weighted by Gasteiger charge is -2.17. The van der Waals surface area contributed by atoms with Crippen molar-refractivity contribution >= 4 is 15.7 Å². The van der Waals surface area contributed by atoms with Gasteiger partial charge in [0, 0.05) is 32.4 Å². The predicted molar refractivity (Wildman–Crippen MR) is 72.6 cm³/mol. The average Bonchev–Trinajstić information content (AvgIpc) is 2.81. The van der Waals surface area contributed by atoms with Crippen LogP contribution in [0.3, 0.4) is 0 Å². The van der Waals surface area contributed by atoms with Gasteiger partial charge in [0.15, 0.2) is 5.82 Å². The second-order valence-corrected chi connectivity index (χ2v) is 6.57. The van der Waals surface area contributed by atoms with Crippen molar-refractivity contribution in [3.05, 3.63) is 41.7 Å². The average molecular weight is 316 g/mol. The Hall–Kier alpha value is -2.00. The third-order valence-corrected chi connectivity index (χ3v) is 4.76. The summed E-state index contributed by atoms with van der Waals surface area (Å²) in [7, 11) is -1.14. The molecule has 9 heteroatoms. The first-order chi connectivity index (χ1) is 9.73. The summed E-state index contributed by atoms with van der Waals surface area (Å²) in [5, 5.41) is 3.92. The molecule has 0 bridgehead atoms. The highest BCUT2D eigenvalue weighted by atomic mass is 32.2. The lowest BCUT2D eigenvalue weighted by molar-refractivity contribution is 0.459. The maximum Gasteiger partial charge on any atom is 0.246 e. The SMILES string of the molecule is CN(Cc1cnn(C)c1)S(=O)(=O)c1ccc(F)c(N)c1F. The van der Waals surface area contributed by atoms with Crippen LogP contribution in [0.4, 0.5) is 14.5 Å². The number of benzene rings is 1. The third-order valence-electron chi connectivity index (χ3n) is 2.94. The van der Waals surface area contributed by atoms with E-state index < -0.39 is 32.2 Å². The molecule has 1 aromatic carbocycles. The second-order valence-electron chi connectivity index (χ2n) is 4.56. The van der Waals surface area contributed by atoms with Crippen molar-refractivity contribution in [2.45, 2.75) is 11.4 Å². The number of rotatable bonds is 4. The molecule has 0 saturated heterocycles. The fourth-order valence-corrected chi connectivity index (χ4v) is 3.04. The van der Waals surface area contributed by atoms with Crippen LogP contribution in [-0.2, 0) is 23.6 Å². The van der Waals surface area contributed by atoms with Crippen LogP contribution in [0.15, 0.2) is 29.4 Å². The van der Waals surface area contributed by atoms with Crippen LogP contribution in [0.2, 0.25) is 0 Å². The van der Waals surface area contributed by atoms with Gasteiger partial charge in [0.25, 0.3) is 0 Å². The molecule has 0 saturated carbocycles. The number of sulfonamides is 1. The first-order valence-electron chi connectivity index (χ1n) is 5.91. The molecule has 0 radical (unpaired) electrons. The number of hydrogen-bond acceptors (Lipinski definition) is 4. The topological polar surface area (TPSA) is 81.2 Å². The van der Waals surface area contributed by atoms with Crippen molar-refractivity contribution in [1.82, 2.24) is 14.1 Å². The van der Waals surface area contributed by atoms with Gasteiger partial charge in [-0.05, 0) is 12.1 Å². The Morgan fingerprint density at radius 1 is 1.38 bits per heavy atom. The summed E-state index contributed by atoms with van der Waals surface area (Å²) in [5.74, 6) is -2.28. The summed E-state index contributed by atoms with van der Waals surface area (Å²) in [6, 6.07) is 1.68. The standard InChI is InChI=1S/C12H14F2N4O2S/c1-17-6-8(5-16-17)7-18(2)21(19,20)10-4-3-9(13)12(15)11(10)14/h3-6H,7,15H2,1-2H3. The highest BCUT2D eigenvalue weighted by Crippen LogP contribution is 2.25. The number of nitrogens with two attached hydrogens (primary N) is 1. The van der Waals surface area contributed by atoms with E-state index in [0.717, 1.165) is 16.4 Å². The molecule has 1 heterocycles. The van der Waals surface area contributed by atoms with Gasteiger partial charge >= 0.3 is 0 Å². The minimum absolute atomic E-state index is 0.00684. The molecular weight excluding hydrogens is 302 g/mol. The maximum absolute atomic E-state index is 13.9. The molecule has 2 rings (SSSR count). The molecule has 0 atom stereocenters. The zero-order valence-electron chi connectivity index (χ0n) is 11.4. The van der Waals surface area contributed by atoms with Crippen LogP contribution in [0, 0.1) is 11.6 Å². The number of anilines is 1. The molecule has 0 unspecified atom stereocenters. The molecule has 6 nitrogen and oxygen atoms in total. The molecule has 114 valence electrons. The van der Waals surface area contributed by atoms with Gasteiger partial charge in [-0.2, -0.15) is 9.40 Å². The van der Waals surface area contributed by atoms with E-state index in [1.54, 1.807) is 13.2 Å². The molecule has 0 aliphatic carbocycles. The largest absolute Gasteiger partial charge is 0.394 e. The number of halogens is 2. The first kappa shape index (κ1) is 15.4. The number of nitrogens with zero attached hydrogens (tertiary/aromatic N) is 3. The first-order valence-corrected chi connectivity index (χ1v) is 7.35. The fraction of sp³-hybridized carbons (Fsp3) is 0.250. The summed E-state index contributed by atoms with van der Waals surface area (Å²) in [5.41, 5.74) is 5.01. The van der Waals surface area contributed by atoms with Crippen molar-refractivity contribution in [2.75, 3.05) is 12.8 Å². The summed E-state index contributed by atoms with van der Waals surface area (Å²) in [6.45, 7) is 0.00684. The molecule has 0 spiro atoms. The Balaban J connectivity index is 2.35. The highest BCUT2D eigenvalue weighted by Gasteiger charge is 2.27. The van der Waals surface area contributed by atoms with E-state index in [2.05, 4.69) is 5.10 Å². The highest BCUT2D eigenvalue weighted by molar-refractivity contribution is 7.89. The van der Waals surface area contributed by atoms with Gasteiger partial charge in [0.2, 0.25) is 10.0 Å². The van der Waals surface area contributed by atoms with Gasteiger partial charge in [0.05, 0.1) is 6.20 Å². The van der Waals surface area contributed by atoms with Crippen LogP contribution in [0.5, 0.6) is 0 Å². The van der Waals surface area contributed by atoms with E-state index in [0.29, 0.717) is 5.56 Å². The number of hydrogen-bond donors (Lipinski definition) is 1.